The standard InChI is InChI=1S/C22H39N3O8S/c1-4-14-5-7-16(8-6-14)33-22(29)25-17(11-13(2)3)20(27)24-18(21(28)34(30,31)32)12-15-9-10-23-19(15)26/h13-18,21,28H,4-12H2,1-3H3,(H,23,26)(H,24,27)(H,25,29)(H,30,31,32)/t14?,15?,16?,17?,18-,21?/m0/s1. The third-order valence-electron chi connectivity index (χ3n) is 6.64. The van der Waals surface area contributed by atoms with Crippen LogP contribution in [0.1, 0.15) is 72.1 Å². The molecule has 34 heavy (non-hydrogen) atoms. The first kappa shape index (κ1) is 28.3. The predicted molar refractivity (Wildman–Crippen MR) is 124 cm³/mol. The van der Waals surface area contributed by atoms with Gasteiger partial charge in [0.2, 0.25) is 17.3 Å². The number of carbonyl (C=O) groups excluding carboxylic acids is 3. The first-order valence-corrected chi connectivity index (χ1v) is 13.6. The van der Waals surface area contributed by atoms with Crippen LogP contribution in [0.3, 0.4) is 0 Å². The van der Waals surface area contributed by atoms with Crippen molar-refractivity contribution in [2.24, 2.45) is 17.8 Å². The fraction of sp³-hybridized carbons (Fsp3) is 0.864. The molecule has 0 aromatic carbocycles. The molecule has 0 aromatic rings. The second kappa shape index (κ2) is 12.7. The van der Waals surface area contributed by atoms with E-state index in [4.69, 9.17) is 4.74 Å². The van der Waals surface area contributed by atoms with Gasteiger partial charge in [-0.3, -0.25) is 14.1 Å². The molecule has 2 rings (SSSR count). The number of amides is 3. The van der Waals surface area contributed by atoms with Gasteiger partial charge in [0.1, 0.15) is 12.1 Å². The summed E-state index contributed by atoms with van der Waals surface area (Å²) in [7, 11) is -4.91. The Morgan fingerprint density at radius 2 is 1.79 bits per heavy atom. The van der Waals surface area contributed by atoms with E-state index >= 15 is 0 Å². The third kappa shape index (κ3) is 8.70. The predicted octanol–water partition coefficient (Wildman–Crippen LogP) is 1.31. The number of hydrogen-bond acceptors (Lipinski definition) is 7. The first-order chi connectivity index (χ1) is 15.9. The molecule has 1 saturated carbocycles. The molecule has 4 atom stereocenters. The van der Waals surface area contributed by atoms with Gasteiger partial charge in [0.25, 0.3) is 10.1 Å². The van der Waals surface area contributed by atoms with Crippen molar-refractivity contribution in [2.75, 3.05) is 6.54 Å². The minimum absolute atomic E-state index is 0.00148. The van der Waals surface area contributed by atoms with Crippen molar-refractivity contribution in [3.63, 3.8) is 0 Å². The van der Waals surface area contributed by atoms with E-state index in [1.54, 1.807) is 0 Å². The van der Waals surface area contributed by atoms with Crippen molar-refractivity contribution >= 4 is 28.0 Å². The molecule has 1 saturated heterocycles. The second-order valence-electron chi connectivity index (χ2n) is 9.82. The minimum Gasteiger partial charge on any atom is -0.446 e. The molecule has 2 aliphatic rings. The smallest absolute Gasteiger partial charge is 0.408 e. The average Bonchev–Trinajstić information content (AvgIpc) is 3.16. The highest BCUT2D eigenvalue weighted by atomic mass is 32.2. The summed E-state index contributed by atoms with van der Waals surface area (Å²) in [5, 5.41) is 17.7. The van der Waals surface area contributed by atoms with Crippen LogP contribution in [0.4, 0.5) is 4.79 Å². The van der Waals surface area contributed by atoms with E-state index in [0.29, 0.717) is 18.9 Å². The number of alkyl carbamates (subject to hydrolysis) is 1. The van der Waals surface area contributed by atoms with Gasteiger partial charge < -0.3 is 25.8 Å². The number of carbonyl (C=O) groups is 3. The summed E-state index contributed by atoms with van der Waals surface area (Å²) in [5.41, 5.74) is -2.31. The Kier molecular flexibility index (Phi) is 10.6. The Morgan fingerprint density at radius 3 is 2.29 bits per heavy atom. The molecule has 3 unspecified atom stereocenters. The van der Waals surface area contributed by atoms with E-state index in [1.165, 1.54) is 0 Å². The summed E-state index contributed by atoms with van der Waals surface area (Å²) in [6.07, 6.45) is 4.09. The zero-order valence-electron chi connectivity index (χ0n) is 20.2. The number of ether oxygens (including phenoxy) is 1. The Balaban J connectivity index is 2.05. The number of aliphatic hydroxyl groups is 1. The Hall–Kier alpha value is -1.92. The maximum atomic E-state index is 13.0. The van der Waals surface area contributed by atoms with E-state index in [1.807, 2.05) is 13.8 Å². The maximum Gasteiger partial charge on any atom is 0.408 e. The van der Waals surface area contributed by atoms with Gasteiger partial charge in [0.05, 0.1) is 6.04 Å². The summed E-state index contributed by atoms with van der Waals surface area (Å²) in [4.78, 5) is 37.5. The molecule has 5 N–H and O–H groups in total. The van der Waals surface area contributed by atoms with Crippen LogP contribution < -0.4 is 16.0 Å². The van der Waals surface area contributed by atoms with E-state index < -0.39 is 45.6 Å². The third-order valence-corrected chi connectivity index (χ3v) is 7.58. The van der Waals surface area contributed by atoms with Gasteiger partial charge in [0.15, 0.2) is 0 Å². The largest absolute Gasteiger partial charge is 0.446 e. The molecule has 0 radical (unpaired) electrons. The molecule has 0 bridgehead atoms. The fourth-order valence-corrected chi connectivity index (χ4v) is 5.20. The van der Waals surface area contributed by atoms with Crippen LogP contribution in [0.2, 0.25) is 0 Å². The molecule has 196 valence electrons. The summed E-state index contributed by atoms with van der Waals surface area (Å²) >= 11 is 0. The Bertz CT molecular complexity index is 811. The number of nitrogens with one attached hydrogen (secondary N) is 3. The second-order valence-corrected chi connectivity index (χ2v) is 11.3. The zero-order chi connectivity index (χ0) is 25.5. The fourth-order valence-electron chi connectivity index (χ4n) is 4.60. The molecule has 1 heterocycles. The molecule has 2 fully saturated rings. The number of hydrogen-bond donors (Lipinski definition) is 5. The first-order valence-electron chi connectivity index (χ1n) is 12.1. The monoisotopic (exact) mass is 505 g/mol. The summed E-state index contributed by atoms with van der Waals surface area (Å²) in [5.74, 6) is -1.04. The molecular formula is C22H39N3O8S. The van der Waals surface area contributed by atoms with Crippen molar-refractivity contribution in [2.45, 2.75) is 95.8 Å². The van der Waals surface area contributed by atoms with E-state index in [0.717, 1.165) is 32.1 Å². The van der Waals surface area contributed by atoms with Crippen LogP contribution in [0.5, 0.6) is 0 Å². The minimum atomic E-state index is -4.91. The Morgan fingerprint density at radius 1 is 1.15 bits per heavy atom. The van der Waals surface area contributed by atoms with Crippen molar-refractivity contribution in [3.8, 4) is 0 Å². The molecule has 12 heteroatoms. The lowest BCUT2D eigenvalue weighted by atomic mass is 9.86. The van der Waals surface area contributed by atoms with Crippen LogP contribution in [0, 0.1) is 17.8 Å². The zero-order valence-corrected chi connectivity index (χ0v) is 21.0. The van der Waals surface area contributed by atoms with Gasteiger partial charge in [-0.15, -0.1) is 0 Å². The van der Waals surface area contributed by atoms with Gasteiger partial charge in [-0.05, 0) is 56.8 Å². The average molecular weight is 506 g/mol. The molecular weight excluding hydrogens is 466 g/mol. The maximum absolute atomic E-state index is 13.0. The topological polar surface area (TPSA) is 171 Å². The van der Waals surface area contributed by atoms with Crippen molar-refractivity contribution in [3.05, 3.63) is 0 Å². The molecule has 3 amide bonds. The summed E-state index contributed by atoms with van der Waals surface area (Å²) in [6.45, 7) is 6.24. The quantitative estimate of drug-likeness (QED) is 0.262. The van der Waals surface area contributed by atoms with E-state index in [-0.39, 0.29) is 30.8 Å². The van der Waals surface area contributed by atoms with Crippen LogP contribution in [-0.4, -0.2) is 66.2 Å². The van der Waals surface area contributed by atoms with E-state index in [9.17, 15) is 32.5 Å². The van der Waals surface area contributed by atoms with Gasteiger partial charge in [-0.25, -0.2) is 4.79 Å². The normalized spacial score (nSPS) is 25.8. The van der Waals surface area contributed by atoms with Crippen molar-refractivity contribution < 1.29 is 37.2 Å². The molecule has 11 nitrogen and oxygen atoms in total. The lowest BCUT2D eigenvalue weighted by Crippen LogP contribution is -2.55. The van der Waals surface area contributed by atoms with Crippen LogP contribution in [-0.2, 0) is 24.4 Å². The van der Waals surface area contributed by atoms with Crippen LogP contribution in [0.25, 0.3) is 0 Å². The molecule has 1 aliphatic carbocycles. The van der Waals surface area contributed by atoms with Crippen molar-refractivity contribution in [1.29, 1.82) is 0 Å². The lowest BCUT2D eigenvalue weighted by Gasteiger charge is -2.29. The highest BCUT2D eigenvalue weighted by Gasteiger charge is 2.38. The molecule has 1 aliphatic heterocycles. The van der Waals surface area contributed by atoms with Crippen molar-refractivity contribution in [1.82, 2.24) is 16.0 Å². The van der Waals surface area contributed by atoms with Crippen LogP contribution in [0.15, 0.2) is 0 Å². The van der Waals surface area contributed by atoms with Crippen LogP contribution >= 0.6 is 0 Å². The highest BCUT2D eigenvalue weighted by Crippen LogP contribution is 2.28. The Labute approximate surface area is 201 Å². The molecule has 0 spiro atoms. The number of aliphatic hydroxyl groups excluding tert-OH is 1. The SMILES string of the molecule is CCC1CCC(OC(=O)NC(CC(C)C)C(=O)N[C@@H](CC2CCNC2=O)C(O)S(=O)(=O)O)CC1. The summed E-state index contributed by atoms with van der Waals surface area (Å²) < 4.78 is 38.0. The van der Waals surface area contributed by atoms with E-state index in [2.05, 4.69) is 22.9 Å². The van der Waals surface area contributed by atoms with Gasteiger partial charge >= 0.3 is 6.09 Å². The lowest BCUT2D eigenvalue weighted by molar-refractivity contribution is -0.126. The highest BCUT2D eigenvalue weighted by molar-refractivity contribution is 7.86. The molecule has 0 aromatic heterocycles. The summed E-state index contributed by atoms with van der Waals surface area (Å²) in [6, 6.07) is -2.49. The number of rotatable bonds is 11. The van der Waals surface area contributed by atoms with Gasteiger partial charge in [-0.1, -0.05) is 27.2 Å². The van der Waals surface area contributed by atoms with Gasteiger partial charge in [0, 0.05) is 12.5 Å². The van der Waals surface area contributed by atoms with Gasteiger partial charge in [-0.2, -0.15) is 8.42 Å².